The summed E-state index contributed by atoms with van der Waals surface area (Å²) in [5.41, 5.74) is 4.19. The van der Waals surface area contributed by atoms with Crippen molar-refractivity contribution in [2.24, 2.45) is 0 Å². The summed E-state index contributed by atoms with van der Waals surface area (Å²) in [6, 6.07) is 13.8. The molecular weight excluding hydrogens is 276 g/mol. The first-order chi connectivity index (χ1) is 10.7. The van der Waals surface area contributed by atoms with Gasteiger partial charge in [-0.05, 0) is 30.2 Å². The largest absolute Gasteiger partial charge is 0.495 e. The third-order valence-corrected chi connectivity index (χ3v) is 4.02. The highest BCUT2D eigenvalue weighted by atomic mass is 16.5. The van der Waals surface area contributed by atoms with Gasteiger partial charge < -0.3 is 15.4 Å². The van der Waals surface area contributed by atoms with Crippen molar-refractivity contribution in [3.8, 4) is 5.75 Å². The SMILES string of the molecule is COc1ccccc1NC(=O)C1CNCc2ccc(C)cc21. The van der Waals surface area contributed by atoms with Crippen molar-refractivity contribution in [2.45, 2.75) is 19.4 Å². The van der Waals surface area contributed by atoms with Crippen molar-refractivity contribution in [2.75, 3.05) is 19.0 Å². The monoisotopic (exact) mass is 296 g/mol. The highest BCUT2D eigenvalue weighted by molar-refractivity contribution is 5.97. The molecule has 0 saturated carbocycles. The minimum absolute atomic E-state index is 0.0106. The summed E-state index contributed by atoms with van der Waals surface area (Å²) in [6.07, 6.45) is 0. The van der Waals surface area contributed by atoms with Crippen LogP contribution in [-0.2, 0) is 11.3 Å². The van der Waals surface area contributed by atoms with E-state index in [-0.39, 0.29) is 11.8 Å². The maximum Gasteiger partial charge on any atom is 0.233 e. The second-order valence-corrected chi connectivity index (χ2v) is 5.58. The number of hydrogen-bond acceptors (Lipinski definition) is 3. The first-order valence-electron chi connectivity index (χ1n) is 7.43. The predicted molar refractivity (Wildman–Crippen MR) is 87.3 cm³/mol. The number of para-hydroxylation sites is 2. The number of nitrogens with one attached hydrogen (secondary N) is 2. The molecule has 114 valence electrons. The standard InChI is InChI=1S/C18H20N2O2/c1-12-7-8-13-10-19-11-15(14(13)9-12)18(21)20-16-5-3-4-6-17(16)22-2/h3-9,15,19H,10-11H2,1-2H3,(H,20,21). The van der Waals surface area contributed by atoms with Crippen LogP contribution in [0.2, 0.25) is 0 Å². The van der Waals surface area contributed by atoms with Gasteiger partial charge in [0.15, 0.2) is 0 Å². The topological polar surface area (TPSA) is 50.4 Å². The second-order valence-electron chi connectivity index (χ2n) is 5.58. The summed E-state index contributed by atoms with van der Waals surface area (Å²) in [5.74, 6) is 0.473. The summed E-state index contributed by atoms with van der Waals surface area (Å²) in [4.78, 5) is 12.7. The van der Waals surface area contributed by atoms with E-state index in [1.807, 2.05) is 24.3 Å². The number of carbonyl (C=O) groups is 1. The van der Waals surface area contributed by atoms with Crippen molar-refractivity contribution < 1.29 is 9.53 Å². The van der Waals surface area contributed by atoms with Crippen LogP contribution in [0.5, 0.6) is 5.75 Å². The van der Waals surface area contributed by atoms with E-state index in [2.05, 4.69) is 35.8 Å². The van der Waals surface area contributed by atoms with E-state index in [0.717, 1.165) is 12.1 Å². The van der Waals surface area contributed by atoms with E-state index < -0.39 is 0 Å². The van der Waals surface area contributed by atoms with Crippen LogP contribution in [0, 0.1) is 6.92 Å². The lowest BCUT2D eigenvalue weighted by Crippen LogP contribution is -2.35. The summed E-state index contributed by atoms with van der Waals surface area (Å²) in [7, 11) is 1.60. The molecule has 0 saturated heterocycles. The number of amides is 1. The summed E-state index contributed by atoms with van der Waals surface area (Å²) in [5, 5.41) is 6.30. The van der Waals surface area contributed by atoms with Crippen LogP contribution < -0.4 is 15.4 Å². The lowest BCUT2D eigenvalue weighted by atomic mass is 9.89. The van der Waals surface area contributed by atoms with Crippen molar-refractivity contribution in [1.29, 1.82) is 0 Å². The Labute approximate surface area is 130 Å². The molecular formula is C18H20N2O2. The predicted octanol–water partition coefficient (Wildman–Crippen LogP) is 2.83. The quantitative estimate of drug-likeness (QED) is 0.915. The van der Waals surface area contributed by atoms with Gasteiger partial charge in [0.25, 0.3) is 0 Å². The minimum atomic E-state index is -0.187. The van der Waals surface area contributed by atoms with Gasteiger partial charge in [0.1, 0.15) is 5.75 Å². The highest BCUT2D eigenvalue weighted by Crippen LogP contribution is 2.29. The van der Waals surface area contributed by atoms with Gasteiger partial charge in [-0.2, -0.15) is 0 Å². The van der Waals surface area contributed by atoms with Gasteiger partial charge in [-0.3, -0.25) is 4.79 Å². The van der Waals surface area contributed by atoms with Crippen LogP contribution >= 0.6 is 0 Å². The van der Waals surface area contributed by atoms with Crippen LogP contribution in [0.3, 0.4) is 0 Å². The Balaban J connectivity index is 1.86. The lowest BCUT2D eigenvalue weighted by Gasteiger charge is -2.26. The van der Waals surface area contributed by atoms with Gasteiger partial charge >= 0.3 is 0 Å². The molecule has 4 heteroatoms. The third-order valence-electron chi connectivity index (χ3n) is 4.02. The van der Waals surface area contributed by atoms with Gasteiger partial charge in [-0.15, -0.1) is 0 Å². The molecule has 1 aliphatic rings. The maximum absolute atomic E-state index is 12.7. The molecule has 1 atom stereocenters. The molecule has 2 aromatic rings. The molecule has 1 heterocycles. The maximum atomic E-state index is 12.7. The zero-order chi connectivity index (χ0) is 15.5. The number of carbonyl (C=O) groups excluding carboxylic acids is 1. The molecule has 0 radical (unpaired) electrons. The van der Waals surface area contributed by atoms with Crippen LogP contribution in [0.1, 0.15) is 22.6 Å². The molecule has 3 rings (SSSR count). The van der Waals surface area contributed by atoms with Gasteiger partial charge in [-0.1, -0.05) is 35.9 Å². The van der Waals surface area contributed by atoms with Crippen LogP contribution in [0.4, 0.5) is 5.69 Å². The van der Waals surface area contributed by atoms with E-state index in [9.17, 15) is 4.79 Å². The van der Waals surface area contributed by atoms with Gasteiger partial charge in [0.05, 0.1) is 18.7 Å². The van der Waals surface area contributed by atoms with E-state index in [1.54, 1.807) is 7.11 Å². The normalized spacial score (nSPS) is 16.7. The van der Waals surface area contributed by atoms with E-state index in [0.29, 0.717) is 18.0 Å². The third kappa shape index (κ3) is 2.83. The van der Waals surface area contributed by atoms with Crippen LogP contribution in [-0.4, -0.2) is 19.6 Å². The molecule has 1 unspecified atom stereocenters. The van der Waals surface area contributed by atoms with Crippen molar-refractivity contribution >= 4 is 11.6 Å². The van der Waals surface area contributed by atoms with Gasteiger partial charge in [0, 0.05) is 13.1 Å². The Hall–Kier alpha value is -2.33. The number of rotatable bonds is 3. The first-order valence-corrected chi connectivity index (χ1v) is 7.43. The molecule has 0 fully saturated rings. The van der Waals surface area contributed by atoms with Crippen molar-refractivity contribution in [3.05, 3.63) is 59.2 Å². The molecule has 1 aliphatic heterocycles. The fourth-order valence-corrected chi connectivity index (χ4v) is 2.86. The number of anilines is 1. The van der Waals surface area contributed by atoms with Gasteiger partial charge in [-0.25, -0.2) is 0 Å². The molecule has 0 bridgehead atoms. The Bertz CT molecular complexity index is 697. The Morgan fingerprint density at radius 3 is 2.91 bits per heavy atom. The summed E-state index contributed by atoms with van der Waals surface area (Å²) in [6.45, 7) is 3.52. The average molecular weight is 296 g/mol. The number of aryl methyl sites for hydroxylation is 1. The number of methoxy groups -OCH3 is 1. The molecule has 2 N–H and O–H groups in total. The zero-order valence-electron chi connectivity index (χ0n) is 12.8. The summed E-state index contributed by atoms with van der Waals surface area (Å²) >= 11 is 0. The van der Waals surface area contributed by atoms with Crippen molar-refractivity contribution in [1.82, 2.24) is 5.32 Å². The lowest BCUT2D eigenvalue weighted by molar-refractivity contribution is -0.117. The molecule has 0 aliphatic carbocycles. The van der Waals surface area contributed by atoms with E-state index >= 15 is 0 Å². The number of benzene rings is 2. The Kier molecular flexibility index (Phi) is 4.11. The number of ether oxygens (including phenoxy) is 1. The molecule has 4 nitrogen and oxygen atoms in total. The van der Waals surface area contributed by atoms with E-state index in [1.165, 1.54) is 11.1 Å². The Morgan fingerprint density at radius 1 is 1.27 bits per heavy atom. The second kappa shape index (κ2) is 6.20. The average Bonchev–Trinajstić information content (AvgIpc) is 2.54. The fourth-order valence-electron chi connectivity index (χ4n) is 2.86. The summed E-state index contributed by atoms with van der Waals surface area (Å²) < 4.78 is 5.29. The van der Waals surface area contributed by atoms with Crippen LogP contribution in [0.15, 0.2) is 42.5 Å². The molecule has 22 heavy (non-hydrogen) atoms. The smallest absolute Gasteiger partial charge is 0.233 e. The number of fused-ring (bicyclic) bond motifs is 1. The number of hydrogen-bond donors (Lipinski definition) is 2. The molecule has 0 spiro atoms. The van der Waals surface area contributed by atoms with Gasteiger partial charge in [0.2, 0.25) is 5.91 Å². The molecule has 0 aromatic heterocycles. The zero-order valence-corrected chi connectivity index (χ0v) is 12.8. The minimum Gasteiger partial charge on any atom is -0.495 e. The Morgan fingerprint density at radius 2 is 2.09 bits per heavy atom. The molecule has 2 aromatic carbocycles. The van der Waals surface area contributed by atoms with E-state index in [4.69, 9.17) is 4.74 Å². The van der Waals surface area contributed by atoms with Crippen molar-refractivity contribution in [3.63, 3.8) is 0 Å². The fraction of sp³-hybridized carbons (Fsp3) is 0.278. The molecule has 1 amide bonds. The van der Waals surface area contributed by atoms with Crippen LogP contribution in [0.25, 0.3) is 0 Å². The highest BCUT2D eigenvalue weighted by Gasteiger charge is 2.26. The first kappa shape index (κ1) is 14.6.